The third-order valence-corrected chi connectivity index (χ3v) is 6.14. The summed E-state index contributed by atoms with van der Waals surface area (Å²) in [4.78, 5) is 25.2. The van der Waals surface area contributed by atoms with Crippen LogP contribution in [0.15, 0.2) is 23.1 Å². The lowest BCUT2D eigenvalue weighted by Gasteiger charge is -2.17. The van der Waals surface area contributed by atoms with Crippen LogP contribution in [0.1, 0.15) is 39.2 Å². The van der Waals surface area contributed by atoms with Crippen LogP contribution in [0.4, 0.5) is 29.2 Å². The maximum atomic E-state index is 14.7. The van der Waals surface area contributed by atoms with Crippen LogP contribution in [-0.2, 0) is 0 Å². The highest BCUT2D eigenvalue weighted by Gasteiger charge is 2.37. The van der Waals surface area contributed by atoms with Gasteiger partial charge in [-0.3, -0.25) is 9.36 Å². The first-order valence-corrected chi connectivity index (χ1v) is 11.3. The van der Waals surface area contributed by atoms with Gasteiger partial charge < -0.3 is 10.5 Å². The first-order valence-electron chi connectivity index (χ1n) is 10.4. The van der Waals surface area contributed by atoms with Gasteiger partial charge in [-0.15, -0.1) is 0 Å². The smallest absolute Gasteiger partial charge is 0.278 e. The van der Waals surface area contributed by atoms with E-state index in [4.69, 9.17) is 5.73 Å². The number of benzene rings is 1. The molecule has 1 fully saturated rings. The maximum Gasteiger partial charge on any atom is 0.278 e. The molecule has 0 atom stereocenters. The lowest BCUT2D eigenvalue weighted by molar-refractivity contribution is 0.0127. The first-order chi connectivity index (χ1) is 15.6. The summed E-state index contributed by atoms with van der Waals surface area (Å²) in [6.07, 6.45) is 2.68. The largest absolute Gasteiger partial charge is 0.368 e. The Morgan fingerprint density at radius 3 is 2.52 bits per heavy atom. The summed E-state index contributed by atoms with van der Waals surface area (Å²) in [5.41, 5.74) is 4.58. The Labute approximate surface area is 191 Å². The van der Waals surface area contributed by atoms with Gasteiger partial charge in [0.2, 0.25) is 5.95 Å². The molecule has 1 aliphatic rings. The van der Waals surface area contributed by atoms with Crippen LogP contribution in [0.5, 0.6) is 0 Å². The number of alkyl halides is 2. The van der Waals surface area contributed by atoms with Gasteiger partial charge in [0, 0.05) is 18.0 Å². The van der Waals surface area contributed by atoms with Crippen LogP contribution in [0, 0.1) is 17.6 Å². The maximum absolute atomic E-state index is 14.7. The number of nitrogens with two attached hydrogens (primary N) is 1. The normalized spacial score (nSPS) is 14.3. The average Bonchev–Trinajstić information content (AvgIpc) is 3.52. The van der Waals surface area contributed by atoms with Gasteiger partial charge in [0.25, 0.3) is 11.5 Å². The molecule has 3 N–H and O–H groups in total. The molecule has 33 heavy (non-hydrogen) atoms. The van der Waals surface area contributed by atoms with E-state index in [9.17, 15) is 22.4 Å². The number of halogens is 4. The van der Waals surface area contributed by atoms with Crippen LogP contribution >= 0.6 is 11.9 Å². The van der Waals surface area contributed by atoms with Crippen molar-refractivity contribution in [2.24, 2.45) is 5.92 Å². The third kappa shape index (κ3) is 5.05. The molecule has 4 rings (SSSR count). The minimum atomic E-state index is -2.92. The number of nitrogens with one attached hydrogen (secondary N) is 1. The van der Waals surface area contributed by atoms with Crippen molar-refractivity contribution in [3.63, 3.8) is 0 Å². The highest BCUT2D eigenvalue weighted by molar-refractivity contribution is 8.00. The Hall–Kier alpha value is -2.89. The molecule has 0 spiro atoms. The Morgan fingerprint density at radius 1 is 1.24 bits per heavy atom. The lowest BCUT2D eigenvalue weighted by atomic mass is 10.1. The quantitative estimate of drug-likeness (QED) is 0.352. The molecule has 0 aliphatic heterocycles. The van der Waals surface area contributed by atoms with Gasteiger partial charge in [-0.25, -0.2) is 27.5 Å². The van der Waals surface area contributed by atoms with E-state index < -0.39 is 34.6 Å². The van der Waals surface area contributed by atoms with Crippen LogP contribution in [0.2, 0.25) is 0 Å². The number of hydrogen-bond acceptors (Lipinski definition) is 7. The zero-order valence-corrected chi connectivity index (χ0v) is 18.7. The second-order valence-electron chi connectivity index (χ2n) is 8.38. The van der Waals surface area contributed by atoms with E-state index in [1.54, 1.807) is 13.8 Å². The first kappa shape index (κ1) is 23.3. The summed E-state index contributed by atoms with van der Waals surface area (Å²) >= 11 is 0.536. The molecule has 0 amide bonds. The molecule has 0 unspecified atom stereocenters. The minimum absolute atomic E-state index is 0.0273. The molecule has 7 nitrogen and oxygen atoms in total. The van der Waals surface area contributed by atoms with Gasteiger partial charge >= 0.3 is 0 Å². The van der Waals surface area contributed by atoms with E-state index in [1.807, 2.05) is 0 Å². The van der Waals surface area contributed by atoms with E-state index in [2.05, 4.69) is 19.7 Å². The number of aromatic nitrogens is 4. The SMILES string of the molecule is CC(C)n1c(=O)c(-c2cc(F)c(NSCC(F)(F)CC3CC3)c(F)c2)nc2cnc(N)nc21. The van der Waals surface area contributed by atoms with Crippen LogP contribution in [0.25, 0.3) is 22.4 Å². The highest BCUT2D eigenvalue weighted by atomic mass is 32.2. The fourth-order valence-corrected chi connectivity index (χ4v) is 4.25. The van der Waals surface area contributed by atoms with Crippen LogP contribution < -0.4 is 16.0 Å². The molecule has 0 bridgehead atoms. The lowest BCUT2D eigenvalue weighted by Crippen LogP contribution is -2.26. The Bertz CT molecular complexity index is 1240. The molecule has 3 aromatic rings. The van der Waals surface area contributed by atoms with Gasteiger partial charge in [0.05, 0.1) is 11.9 Å². The van der Waals surface area contributed by atoms with Crippen LogP contribution in [-0.4, -0.2) is 31.2 Å². The molecule has 1 aliphatic carbocycles. The number of nitrogen functional groups attached to an aromatic ring is 1. The standard InChI is InChI=1S/C21H22F4N6OS/c1-10(2)31-18-15(8-27-20(26)29-18)28-16(19(31)32)12-5-13(22)17(14(23)6-12)30-33-9-21(24,25)7-11-3-4-11/h5-6,8,10-11,30H,3-4,7,9H2,1-2H3,(H2,26,27,29). The Morgan fingerprint density at radius 2 is 1.91 bits per heavy atom. The van der Waals surface area contributed by atoms with E-state index in [0.29, 0.717) is 11.9 Å². The number of hydrogen-bond donors (Lipinski definition) is 2. The van der Waals surface area contributed by atoms with Crippen molar-refractivity contribution in [1.82, 2.24) is 19.5 Å². The van der Waals surface area contributed by atoms with Gasteiger partial charge in [-0.2, -0.15) is 4.98 Å². The molecule has 0 saturated heterocycles. The molecule has 2 heterocycles. The molecular formula is C21H22F4N6OS. The summed E-state index contributed by atoms with van der Waals surface area (Å²) in [5, 5.41) is 0. The summed E-state index contributed by atoms with van der Waals surface area (Å²) < 4.78 is 60.9. The summed E-state index contributed by atoms with van der Waals surface area (Å²) in [5.74, 6) is -5.62. The van der Waals surface area contributed by atoms with Crippen molar-refractivity contribution in [2.45, 2.75) is 45.1 Å². The van der Waals surface area contributed by atoms with E-state index in [-0.39, 0.29) is 46.8 Å². The second-order valence-corrected chi connectivity index (χ2v) is 9.16. The van der Waals surface area contributed by atoms with Gasteiger partial charge in [-0.1, -0.05) is 0 Å². The van der Waals surface area contributed by atoms with Crippen molar-refractivity contribution in [3.8, 4) is 11.3 Å². The zero-order valence-electron chi connectivity index (χ0n) is 17.9. The topological polar surface area (TPSA) is 98.7 Å². The molecule has 1 aromatic carbocycles. The predicted octanol–water partition coefficient (Wildman–Crippen LogP) is 4.79. The van der Waals surface area contributed by atoms with Crippen LogP contribution in [0.3, 0.4) is 0 Å². The summed E-state index contributed by atoms with van der Waals surface area (Å²) in [7, 11) is 0. The molecule has 0 radical (unpaired) electrons. The zero-order chi connectivity index (χ0) is 23.9. The number of fused-ring (bicyclic) bond motifs is 1. The van der Waals surface area contributed by atoms with Gasteiger partial charge in [0.1, 0.15) is 16.9 Å². The minimum Gasteiger partial charge on any atom is -0.368 e. The summed E-state index contributed by atoms with van der Waals surface area (Å²) in [6, 6.07) is 1.53. The second kappa shape index (κ2) is 8.81. The molecule has 12 heteroatoms. The number of rotatable bonds is 8. The molecule has 1 saturated carbocycles. The number of anilines is 2. The van der Waals surface area contributed by atoms with E-state index in [0.717, 1.165) is 25.0 Å². The summed E-state index contributed by atoms with van der Waals surface area (Å²) in [6.45, 7) is 3.49. The molecule has 2 aromatic heterocycles. The Balaban J connectivity index is 1.64. The van der Waals surface area contributed by atoms with E-state index in [1.165, 1.54) is 10.8 Å². The van der Waals surface area contributed by atoms with Gasteiger partial charge in [0.15, 0.2) is 17.3 Å². The Kier molecular flexibility index (Phi) is 6.21. The molecular weight excluding hydrogens is 460 g/mol. The van der Waals surface area contributed by atoms with Gasteiger partial charge in [-0.05, 0) is 56.7 Å². The van der Waals surface area contributed by atoms with Crippen molar-refractivity contribution in [1.29, 1.82) is 0 Å². The van der Waals surface area contributed by atoms with Crippen molar-refractivity contribution >= 4 is 34.7 Å². The van der Waals surface area contributed by atoms with Crippen molar-refractivity contribution in [3.05, 3.63) is 40.3 Å². The highest BCUT2D eigenvalue weighted by Crippen LogP contribution is 2.40. The van der Waals surface area contributed by atoms with Crippen molar-refractivity contribution in [2.75, 3.05) is 16.2 Å². The molecule has 176 valence electrons. The number of nitrogens with zero attached hydrogens (tertiary/aromatic N) is 4. The van der Waals surface area contributed by atoms with Crippen molar-refractivity contribution < 1.29 is 17.6 Å². The monoisotopic (exact) mass is 482 g/mol. The third-order valence-electron chi connectivity index (χ3n) is 5.22. The fourth-order valence-electron chi connectivity index (χ4n) is 3.51. The predicted molar refractivity (Wildman–Crippen MR) is 120 cm³/mol. The van der Waals surface area contributed by atoms with E-state index >= 15 is 0 Å². The fraction of sp³-hybridized carbons (Fsp3) is 0.429. The average molecular weight is 483 g/mol.